The lowest BCUT2D eigenvalue weighted by Crippen LogP contribution is -2.42. The number of halogens is 1. The van der Waals surface area contributed by atoms with Gasteiger partial charge in [0.2, 0.25) is 5.91 Å². The van der Waals surface area contributed by atoms with Crippen LogP contribution in [0.15, 0.2) is 48.5 Å². The Balaban J connectivity index is 0.00000261. The lowest BCUT2D eigenvalue weighted by molar-refractivity contribution is -0.120. The molecular formula is C22H29ClN2O2. The van der Waals surface area contributed by atoms with E-state index in [1.165, 1.54) is 24.8 Å². The van der Waals surface area contributed by atoms with Gasteiger partial charge < -0.3 is 15.8 Å². The summed E-state index contributed by atoms with van der Waals surface area (Å²) in [4.78, 5) is 12.5. The first-order chi connectivity index (χ1) is 12.6. The van der Waals surface area contributed by atoms with Crippen LogP contribution in [0.3, 0.4) is 0 Å². The standard InChI is InChI=1S/C22H28N2O2.ClH/c1-26-20-11-7-18(8-12-20)22(13-3-2-4-14-22)16-24-21(25)15-17-5-9-19(23)10-6-17;/h5-12H,2-4,13-16,23H2,1H3,(H,24,25);1H. The highest BCUT2D eigenvalue weighted by atomic mass is 35.5. The molecule has 1 saturated carbocycles. The van der Waals surface area contributed by atoms with E-state index in [-0.39, 0.29) is 23.7 Å². The Morgan fingerprint density at radius 2 is 1.67 bits per heavy atom. The predicted octanol–water partition coefficient (Wildman–Crippen LogP) is 4.26. The number of nitrogens with one attached hydrogen (secondary N) is 1. The minimum absolute atomic E-state index is 0. The molecule has 1 amide bonds. The second-order valence-electron chi connectivity index (χ2n) is 7.26. The van der Waals surface area contributed by atoms with Gasteiger partial charge in [0, 0.05) is 17.6 Å². The third-order valence-electron chi connectivity index (χ3n) is 5.48. The van der Waals surface area contributed by atoms with Crippen molar-refractivity contribution in [2.45, 2.75) is 43.9 Å². The van der Waals surface area contributed by atoms with Gasteiger partial charge in [-0.3, -0.25) is 4.79 Å². The summed E-state index contributed by atoms with van der Waals surface area (Å²) >= 11 is 0. The summed E-state index contributed by atoms with van der Waals surface area (Å²) in [6.07, 6.45) is 6.30. The van der Waals surface area contributed by atoms with Gasteiger partial charge in [0.25, 0.3) is 0 Å². The highest BCUT2D eigenvalue weighted by Gasteiger charge is 2.34. The van der Waals surface area contributed by atoms with Gasteiger partial charge in [-0.25, -0.2) is 0 Å². The molecular weight excluding hydrogens is 360 g/mol. The van der Waals surface area contributed by atoms with E-state index >= 15 is 0 Å². The maximum atomic E-state index is 12.5. The van der Waals surface area contributed by atoms with E-state index < -0.39 is 0 Å². The second kappa shape index (κ2) is 9.65. The van der Waals surface area contributed by atoms with Crippen molar-refractivity contribution in [3.05, 3.63) is 59.7 Å². The van der Waals surface area contributed by atoms with Gasteiger partial charge >= 0.3 is 0 Å². The smallest absolute Gasteiger partial charge is 0.224 e. The molecule has 3 N–H and O–H groups in total. The van der Waals surface area contributed by atoms with Crippen molar-refractivity contribution >= 4 is 24.0 Å². The third-order valence-corrected chi connectivity index (χ3v) is 5.48. The number of anilines is 1. The summed E-state index contributed by atoms with van der Waals surface area (Å²) in [5, 5.41) is 3.18. The van der Waals surface area contributed by atoms with Crippen LogP contribution in [0.4, 0.5) is 5.69 Å². The van der Waals surface area contributed by atoms with Crippen molar-refractivity contribution < 1.29 is 9.53 Å². The first-order valence-electron chi connectivity index (χ1n) is 9.37. The van der Waals surface area contributed by atoms with Crippen LogP contribution in [-0.2, 0) is 16.6 Å². The molecule has 0 spiro atoms. The van der Waals surface area contributed by atoms with Crippen molar-refractivity contribution in [3.63, 3.8) is 0 Å². The number of benzene rings is 2. The topological polar surface area (TPSA) is 64.3 Å². The fourth-order valence-electron chi connectivity index (χ4n) is 3.89. The molecule has 0 aromatic heterocycles. The van der Waals surface area contributed by atoms with Crippen LogP contribution >= 0.6 is 12.4 Å². The summed E-state index contributed by atoms with van der Waals surface area (Å²) in [5.74, 6) is 0.931. The average molecular weight is 389 g/mol. The Morgan fingerprint density at radius 3 is 2.26 bits per heavy atom. The number of hydrogen-bond donors (Lipinski definition) is 2. The van der Waals surface area contributed by atoms with E-state index in [0.717, 1.165) is 29.8 Å². The molecule has 4 nitrogen and oxygen atoms in total. The molecule has 0 aliphatic heterocycles. The lowest BCUT2D eigenvalue weighted by atomic mass is 9.69. The summed E-state index contributed by atoms with van der Waals surface area (Å²) < 4.78 is 5.28. The molecule has 1 fully saturated rings. The number of amides is 1. The van der Waals surface area contributed by atoms with Crippen LogP contribution in [0.1, 0.15) is 43.2 Å². The predicted molar refractivity (Wildman–Crippen MR) is 113 cm³/mol. The molecule has 2 aromatic rings. The van der Waals surface area contributed by atoms with E-state index in [1.54, 1.807) is 7.11 Å². The minimum atomic E-state index is 0. The maximum absolute atomic E-state index is 12.5. The SMILES string of the molecule is COc1ccc(C2(CNC(=O)Cc3ccc(N)cc3)CCCCC2)cc1.Cl. The number of ether oxygens (including phenoxy) is 1. The van der Waals surface area contributed by atoms with Crippen molar-refractivity contribution in [1.29, 1.82) is 0 Å². The fourth-order valence-corrected chi connectivity index (χ4v) is 3.89. The normalized spacial score (nSPS) is 15.4. The number of rotatable bonds is 6. The molecule has 2 aromatic carbocycles. The molecule has 0 unspecified atom stereocenters. The number of carbonyl (C=O) groups excluding carboxylic acids is 1. The van der Waals surface area contributed by atoms with Crippen molar-refractivity contribution in [2.24, 2.45) is 0 Å². The number of carbonyl (C=O) groups is 1. The maximum Gasteiger partial charge on any atom is 0.224 e. The molecule has 146 valence electrons. The van der Waals surface area contributed by atoms with Gasteiger partial charge in [0.05, 0.1) is 13.5 Å². The molecule has 0 radical (unpaired) electrons. The third kappa shape index (κ3) is 5.39. The molecule has 1 aliphatic carbocycles. The summed E-state index contributed by atoms with van der Waals surface area (Å²) in [6, 6.07) is 15.8. The van der Waals surface area contributed by atoms with Crippen LogP contribution in [0.25, 0.3) is 0 Å². The molecule has 0 heterocycles. The number of nitrogens with two attached hydrogens (primary N) is 1. The first-order valence-corrected chi connectivity index (χ1v) is 9.37. The quantitative estimate of drug-likeness (QED) is 0.726. The van der Waals surface area contributed by atoms with Crippen LogP contribution in [0.2, 0.25) is 0 Å². The van der Waals surface area contributed by atoms with Crippen molar-refractivity contribution in [1.82, 2.24) is 5.32 Å². The molecule has 3 rings (SSSR count). The summed E-state index contributed by atoms with van der Waals surface area (Å²) in [5.41, 5.74) is 8.74. The molecule has 0 bridgehead atoms. The molecule has 5 heteroatoms. The molecule has 27 heavy (non-hydrogen) atoms. The summed E-state index contributed by atoms with van der Waals surface area (Å²) in [7, 11) is 1.68. The van der Waals surface area contributed by atoms with E-state index in [0.29, 0.717) is 13.0 Å². The zero-order valence-electron chi connectivity index (χ0n) is 15.9. The van der Waals surface area contributed by atoms with Crippen LogP contribution in [0.5, 0.6) is 5.75 Å². The lowest BCUT2D eigenvalue weighted by Gasteiger charge is -2.38. The first kappa shape index (κ1) is 21.1. The Labute approximate surface area is 167 Å². The zero-order chi connectivity index (χ0) is 18.4. The van der Waals surface area contributed by atoms with E-state index in [2.05, 4.69) is 17.4 Å². The zero-order valence-corrected chi connectivity index (χ0v) is 16.7. The molecule has 1 aliphatic rings. The van der Waals surface area contributed by atoms with Crippen molar-refractivity contribution in [2.75, 3.05) is 19.4 Å². The van der Waals surface area contributed by atoms with E-state index in [4.69, 9.17) is 10.5 Å². The number of hydrogen-bond acceptors (Lipinski definition) is 3. The monoisotopic (exact) mass is 388 g/mol. The number of nitrogen functional groups attached to an aromatic ring is 1. The number of methoxy groups -OCH3 is 1. The second-order valence-corrected chi connectivity index (χ2v) is 7.26. The van der Waals surface area contributed by atoms with Gasteiger partial charge in [-0.2, -0.15) is 0 Å². The highest BCUT2D eigenvalue weighted by Crippen LogP contribution is 2.39. The van der Waals surface area contributed by atoms with Gasteiger partial charge in [-0.15, -0.1) is 12.4 Å². The minimum Gasteiger partial charge on any atom is -0.497 e. The fraction of sp³-hybridized carbons (Fsp3) is 0.409. The van der Waals surface area contributed by atoms with E-state index in [1.807, 2.05) is 36.4 Å². The van der Waals surface area contributed by atoms with Crippen LogP contribution in [-0.4, -0.2) is 19.6 Å². The Bertz CT molecular complexity index is 723. The van der Waals surface area contributed by atoms with Gasteiger partial charge in [-0.1, -0.05) is 43.5 Å². The average Bonchev–Trinajstić information content (AvgIpc) is 2.69. The molecule has 0 atom stereocenters. The summed E-state index contributed by atoms with van der Waals surface area (Å²) in [6.45, 7) is 0.688. The van der Waals surface area contributed by atoms with Crippen LogP contribution < -0.4 is 15.8 Å². The van der Waals surface area contributed by atoms with Gasteiger partial charge in [0.15, 0.2) is 0 Å². The highest BCUT2D eigenvalue weighted by molar-refractivity contribution is 5.85. The Kier molecular flexibility index (Phi) is 7.55. The van der Waals surface area contributed by atoms with E-state index in [9.17, 15) is 4.79 Å². The molecule has 0 saturated heterocycles. The van der Waals surface area contributed by atoms with Crippen molar-refractivity contribution in [3.8, 4) is 5.75 Å². The van der Waals surface area contributed by atoms with Crippen LogP contribution in [0, 0.1) is 0 Å². The largest absolute Gasteiger partial charge is 0.497 e. The Hall–Kier alpha value is -2.20. The van der Waals surface area contributed by atoms with Gasteiger partial charge in [-0.05, 0) is 48.2 Å². The van der Waals surface area contributed by atoms with Gasteiger partial charge in [0.1, 0.15) is 5.75 Å². The Morgan fingerprint density at radius 1 is 1.04 bits per heavy atom.